The number of amides is 1. The van der Waals surface area contributed by atoms with Gasteiger partial charge >= 0.3 is 6.09 Å². The molecule has 0 aliphatic heterocycles. The van der Waals surface area contributed by atoms with Crippen LogP contribution in [0.5, 0.6) is 5.88 Å². The lowest BCUT2D eigenvalue weighted by Crippen LogP contribution is -2.44. The summed E-state index contributed by atoms with van der Waals surface area (Å²) < 4.78 is 39.7. The van der Waals surface area contributed by atoms with Crippen LogP contribution in [0.1, 0.15) is 26.5 Å². The average Bonchev–Trinajstić information content (AvgIpc) is 3.05. The van der Waals surface area contributed by atoms with Gasteiger partial charge in [-0.25, -0.2) is 13.6 Å². The van der Waals surface area contributed by atoms with Crippen LogP contribution in [-0.2, 0) is 11.3 Å². The molecule has 2 aromatic rings. The summed E-state index contributed by atoms with van der Waals surface area (Å²) in [6.07, 6.45) is 0.930. The second-order valence-electron chi connectivity index (χ2n) is 6.44. The quantitative estimate of drug-likeness (QED) is 0.777. The van der Waals surface area contributed by atoms with Crippen LogP contribution < -0.4 is 15.4 Å². The first-order valence-corrected chi connectivity index (χ1v) is 8.53. The highest BCUT2D eigenvalue weighted by Gasteiger charge is 2.30. The van der Waals surface area contributed by atoms with E-state index in [1.54, 1.807) is 31.4 Å². The monoisotopic (exact) mass is 376 g/mol. The Balaban J connectivity index is 1.85. The maximum Gasteiger partial charge on any atom is 0.407 e. The van der Waals surface area contributed by atoms with E-state index < -0.39 is 30.7 Å². The molecule has 2 rings (SSSR count). The molecule has 25 heavy (non-hydrogen) atoms. The number of alkyl carbamates (subject to hydrolysis) is 1. The zero-order valence-corrected chi connectivity index (χ0v) is 15.4. The minimum Gasteiger partial charge on any atom is -0.480 e. The molecule has 0 radical (unpaired) electrons. The van der Waals surface area contributed by atoms with Crippen molar-refractivity contribution in [3.8, 4) is 5.88 Å². The topological polar surface area (TPSA) is 76.9 Å². The first kappa shape index (κ1) is 19.4. The number of carbonyl (C=O) groups excluding carboxylic acids is 1. The minimum absolute atomic E-state index is 0.156. The number of nitrogens with zero attached hydrogens (tertiary/aromatic N) is 2. The van der Waals surface area contributed by atoms with Gasteiger partial charge in [-0.3, -0.25) is 4.40 Å². The van der Waals surface area contributed by atoms with Crippen molar-refractivity contribution >= 4 is 22.4 Å². The summed E-state index contributed by atoms with van der Waals surface area (Å²) in [6.45, 7) is 3.72. The molecule has 2 N–H and O–H groups in total. The highest BCUT2D eigenvalue weighted by Crippen LogP contribution is 2.23. The van der Waals surface area contributed by atoms with E-state index >= 15 is 0 Å². The van der Waals surface area contributed by atoms with Crippen molar-refractivity contribution in [3.05, 3.63) is 17.3 Å². The number of aromatic nitrogens is 2. The summed E-state index contributed by atoms with van der Waals surface area (Å²) in [6, 6.07) is 0. The highest BCUT2D eigenvalue weighted by molar-refractivity contribution is 7.15. The molecule has 0 aromatic carbocycles. The lowest BCUT2D eigenvalue weighted by molar-refractivity contribution is -0.00385. The van der Waals surface area contributed by atoms with Gasteiger partial charge in [-0.15, -0.1) is 11.3 Å². The number of thiazole rings is 1. The summed E-state index contributed by atoms with van der Waals surface area (Å²) in [5, 5.41) is 6.61. The van der Waals surface area contributed by atoms with Gasteiger partial charge in [0.15, 0.2) is 4.96 Å². The van der Waals surface area contributed by atoms with Crippen LogP contribution in [0.2, 0.25) is 0 Å². The van der Waals surface area contributed by atoms with E-state index in [9.17, 15) is 13.6 Å². The molecule has 0 aliphatic carbocycles. The Bertz CT molecular complexity index is 724. The van der Waals surface area contributed by atoms with Gasteiger partial charge in [0.05, 0.1) is 20.2 Å². The van der Waals surface area contributed by atoms with Crippen LogP contribution in [0.25, 0.3) is 4.96 Å². The predicted octanol–water partition coefficient (Wildman–Crippen LogP) is 2.65. The number of ether oxygens (including phenoxy) is 2. The SMILES string of the molecule is COc1nc2sccn2c1CNCC(F)(F)CNC(=O)OC(C)(C)C. The fraction of sp³-hybridized carbons (Fsp3) is 0.600. The minimum atomic E-state index is -3.12. The highest BCUT2D eigenvalue weighted by atomic mass is 32.1. The smallest absolute Gasteiger partial charge is 0.407 e. The van der Waals surface area contributed by atoms with Crippen molar-refractivity contribution < 1.29 is 23.0 Å². The van der Waals surface area contributed by atoms with Gasteiger partial charge in [-0.2, -0.15) is 4.98 Å². The van der Waals surface area contributed by atoms with Crippen LogP contribution in [0.4, 0.5) is 13.6 Å². The number of alkyl halides is 2. The molecule has 0 saturated carbocycles. The normalized spacial score (nSPS) is 12.4. The predicted molar refractivity (Wildman–Crippen MR) is 90.5 cm³/mol. The molecular weight excluding hydrogens is 354 g/mol. The Kier molecular flexibility index (Phi) is 5.83. The maximum atomic E-state index is 13.9. The van der Waals surface area contributed by atoms with Gasteiger partial charge in [-0.05, 0) is 20.8 Å². The van der Waals surface area contributed by atoms with Crippen molar-refractivity contribution in [3.63, 3.8) is 0 Å². The van der Waals surface area contributed by atoms with Gasteiger partial charge in [0.1, 0.15) is 11.3 Å². The van der Waals surface area contributed by atoms with Crippen LogP contribution in [0.3, 0.4) is 0 Å². The molecule has 2 heterocycles. The molecule has 10 heteroatoms. The van der Waals surface area contributed by atoms with Crippen molar-refractivity contribution in [2.75, 3.05) is 20.2 Å². The Hall–Kier alpha value is -1.94. The third kappa shape index (κ3) is 5.53. The van der Waals surface area contributed by atoms with Gasteiger partial charge in [0.2, 0.25) is 5.88 Å². The molecule has 0 aliphatic rings. The summed E-state index contributed by atoms with van der Waals surface area (Å²) in [4.78, 5) is 16.4. The molecule has 140 valence electrons. The van der Waals surface area contributed by atoms with Gasteiger partial charge < -0.3 is 20.1 Å². The molecule has 0 saturated heterocycles. The molecule has 7 nitrogen and oxygen atoms in total. The first-order chi connectivity index (χ1) is 11.6. The summed E-state index contributed by atoms with van der Waals surface area (Å²) in [5.74, 6) is -2.72. The van der Waals surface area contributed by atoms with E-state index in [0.717, 1.165) is 4.96 Å². The third-order valence-electron chi connectivity index (χ3n) is 3.08. The molecule has 0 fully saturated rings. The van der Waals surface area contributed by atoms with Crippen molar-refractivity contribution in [2.24, 2.45) is 0 Å². The number of fused-ring (bicyclic) bond motifs is 1. The molecular formula is C15H22F2N4O3S. The molecule has 0 atom stereocenters. The maximum absolute atomic E-state index is 13.9. The van der Waals surface area contributed by atoms with Crippen LogP contribution >= 0.6 is 11.3 Å². The number of methoxy groups -OCH3 is 1. The Morgan fingerprint density at radius 3 is 2.72 bits per heavy atom. The largest absolute Gasteiger partial charge is 0.480 e. The van der Waals surface area contributed by atoms with E-state index in [1.165, 1.54) is 18.4 Å². The lowest BCUT2D eigenvalue weighted by Gasteiger charge is -2.22. The summed E-state index contributed by atoms with van der Waals surface area (Å²) >= 11 is 1.43. The van der Waals surface area contributed by atoms with Gasteiger partial charge in [-0.1, -0.05) is 0 Å². The van der Waals surface area contributed by atoms with Crippen molar-refractivity contribution in [1.29, 1.82) is 0 Å². The van der Waals surface area contributed by atoms with Crippen LogP contribution in [0, 0.1) is 0 Å². The summed E-state index contributed by atoms with van der Waals surface area (Å²) in [5.41, 5.74) is -0.0723. The van der Waals surface area contributed by atoms with Crippen LogP contribution in [0.15, 0.2) is 11.6 Å². The van der Waals surface area contributed by atoms with Crippen molar-refractivity contribution in [2.45, 2.75) is 38.8 Å². The van der Waals surface area contributed by atoms with E-state index in [2.05, 4.69) is 15.6 Å². The molecule has 0 unspecified atom stereocenters. The standard InChI is InChI=1S/C15H22F2N4O3S/c1-14(2,3)24-13(22)19-9-15(16,17)8-18-7-10-11(23-4)20-12-21(10)5-6-25-12/h5-6,18H,7-9H2,1-4H3,(H,19,22). The fourth-order valence-corrected chi connectivity index (χ4v) is 2.80. The number of nitrogens with one attached hydrogen (secondary N) is 2. The second-order valence-corrected chi connectivity index (χ2v) is 7.31. The average molecular weight is 376 g/mol. The van der Waals surface area contributed by atoms with E-state index in [1.807, 2.05) is 5.38 Å². The molecule has 1 amide bonds. The lowest BCUT2D eigenvalue weighted by atomic mass is 10.2. The molecule has 0 bridgehead atoms. The van der Waals surface area contributed by atoms with E-state index in [0.29, 0.717) is 11.6 Å². The Morgan fingerprint density at radius 1 is 1.36 bits per heavy atom. The molecule has 2 aromatic heterocycles. The number of hydrogen-bond acceptors (Lipinski definition) is 6. The molecule has 0 spiro atoms. The van der Waals surface area contributed by atoms with Gasteiger partial charge in [0.25, 0.3) is 5.92 Å². The number of imidazole rings is 1. The Morgan fingerprint density at radius 2 is 2.08 bits per heavy atom. The summed E-state index contributed by atoms with van der Waals surface area (Å²) in [7, 11) is 1.48. The van der Waals surface area contributed by atoms with E-state index in [4.69, 9.17) is 9.47 Å². The number of carbonyl (C=O) groups is 1. The zero-order valence-electron chi connectivity index (χ0n) is 14.6. The Labute approximate surface area is 148 Å². The number of hydrogen-bond donors (Lipinski definition) is 2. The second kappa shape index (κ2) is 7.52. The number of halogens is 2. The zero-order chi connectivity index (χ0) is 18.7. The van der Waals surface area contributed by atoms with Gasteiger partial charge in [0, 0.05) is 18.1 Å². The number of rotatable bonds is 7. The first-order valence-electron chi connectivity index (χ1n) is 7.65. The van der Waals surface area contributed by atoms with Crippen molar-refractivity contribution in [1.82, 2.24) is 20.0 Å². The fourth-order valence-electron chi connectivity index (χ4n) is 2.08. The van der Waals surface area contributed by atoms with E-state index in [-0.39, 0.29) is 6.54 Å². The third-order valence-corrected chi connectivity index (χ3v) is 3.84. The van der Waals surface area contributed by atoms with Crippen LogP contribution in [-0.4, -0.2) is 47.2 Å².